The highest BCUT2D eigenvalue weighted by atomic mass is 19.1. The minimum atomic E-state index is -0.108. The predicted octanol–water partition coefficient (Wildman–Crippen LogP) is 4.39. The van der Waals surface area contributed by atoms with Crippen LogP contribution in [0.5, 0.6) is 0 Å². The van der Waals surface area contributed by atoms with Crippen LogP contribution in [0.2, 0.25) is 0 Å². The monoisotopic (exact) mass is 263 g/mol. The standard InChI is InChI=1S/C17H26FN/c1-3-4-13-5-6-14(11-19)17(9-13)15-7-12(2)8-16(18)10-15/h7-8,10,13-14,17H,3-6,9,11,19H2,1-2H3. The summed E-state index contributed by atoms with van der Waals surface area (Å²) >= 11 is 0. The van der Waals surface area contributed by atoms with Gasteiger partial charge in [-0.2, -0.15) is 0 Å². The molecule has 1 nitrogen and oxygen atoms in total. The lowest BCUT2D eigenvalue weighted by atomic mass is 9.70. The second kappa shape index (κ2) is 6.51. The zero-order valence-corrected chi connectivity index (χ0v) is 12.2. The summed E-state index contributed by atoms with van der Waals surface area (Å²) in [7, 11) is 0. The molecular weight excluding hydrogens is 237 g/mol. The lowest BCUT2D eigenvalue weighted by Crippen LogP contribution is -2.29. The molecule has 0 aromatic heterocycles. The fourth-order valence-corrected chi connectivity index (χ4v) is 3.66. The summed E-state index contributed by atoms with van der Waals surface area (Å²) in [6, 6.07) is 5.46. The number of halogens is 1. The van der Waals surface area contributed by atoms with E-state index in [0.29, 0.717) is 11.8 Å². The summed E-state index contributed by atoms with van der Waals surface area (Å²) in [6.45, 7) is 4.94. The van der Waals surface area contributed by atoms with Crippen LogP contribution < -0.4 is 5.73 Å². The molecule has 3 unspecified atom stereocenters. The fraction of sp³-hybridized carbons (Fsp3) is 0.647. The van der Waals surface area contributed by atoms with Crippen molar-refractivity contribution in [1.82, 2.24) is 0 Å². The second-order valence-corrected chi connectivity index (χ2v) is 6.13. The number of benzene rings is 1. The van der Waals surface area contributed by atoms with Gasteiger partial charge >= 0.3 is 0 Å². The summed E-state index contributed by atoms with van der Waals surface area (Å²) in [5.74, 6) is 1.66. The van der Waals surface area contributed by atoms with Crippen LogP contribution in [0, 0.1) is 24.6 Å². The van der Waals surface area contributed by atoms with Crippen molar-refractivity contribution in [3.05, 3.63) is 35.1 Å². The Bertz CT molecular complexity index is 395. The van der Waals surface area contributed by atoms with E-state index in [1.54, 1.807) is 12.1 Å². The van der Waals surface area contributed by atoms with Gasteiger partial charge in [-0.3, -0.25) is 0 Å². The summed E-state index contributed by atoms with van der Waals surface area (Å²) < 4.78 is 13.6. The number of hydrogen-bond acceptors (Lipinski definition) is 1. The van der Waals surface area contributed by atoms with Crippen LogP contribution in [0.15, 0.2) is 18.2 Å². The Balaban J connectivity index is 2.21. The van der Waals surface area contributed by atoms with E-state index in [9.17, 15) is 4.39 Å². The molecule has 19 heavy (non-hydrogen) atoms. The van der Waals surface area contributed by atoms with Crippen molar-refractivity contribution in [2.24, 2.45) is 17.6 Å². The van der Waals surface area contributed by atoms with Gasteiger partial charge in [-0.25, -0.2) is 4.39 Å². The molecule has 2 N–H and O–H groups in total. The van der Waals surface area contributed by atoms with Gasteiger partial charge in [-0.05, 0) is 67.3 Å². The average Bonchev–Trinajstić information content (AvgIpc) is 2.38. The molecule has 0 bridgehead atoms. The first-order valence-corrected chi connectivity index (χ1v) is 7.61. The highest BCUT2D eigenvalue weighted by Crippen LogP contribution is 2.42. The number of aryl methyl sites for hydroxylation is 1. The van der Waals surface area contributed by atoms with Crippen molar-refractivity contribution in [1.29, 1.82) is 0 Å². The largest absolute Gasteiger partial charge is 0.330 e. The number of nitrogens with two attached hydrogens (primary N) is 1. The van der Waals surface area contributed by atoms with Crippen LogP contribution in [-0.2, 0) is 0 Å². The molecule has 1 saturated carbocycles. The zero-order chi connectivity index (χ0) is 13.8. The zero-order valence-electron chi connectivity index (χ0n) is 12.2. The van der Waals surface area contributed by atoms with E-state index in [-0.39, 0.29) is 5.82 Å². The first kappa shape index (κ1) is 14.5. The van der Waals surface area contributed by atoms with E-state index in [1.165, 1.54) is 32.1 Å². The molecule has 0 spiro atoms. The third-order valence-corrected chi connectivity index (χ3v) is 4.59. The SMILES string of the molecule is CCCC1CCC(CN)C(c2cc(C)cc(F)c2)C1. The molecule has 1 fully saturated rings. The maximum atomic E-state index is 13.6. The Morgan fingerprint density at radius 1 is 1.26 bits per heavy atom. The third kappa shape index (κ3) is 3.56. The fourth-order valence-electron chi connectivity index (χ4n) is 3.66. The van der Waals surface area contributed by atoms with Crippen molar-refractivity contribution in [2.45, 2.75) is 51.9 Å². The van der Waals surface area contributed by atoms with Gasteiger partial charge in [0.1, 0.15) is 5.82 Å². The molecule has 0 aliphatic heterocycles. The normalized spacial score (nSPS) is 27.5. The summed E-state index contributed by atoms with van der Waals surface area (Å²) in [4.78, 5) is 0. The molecule has 0 heterocycles. The maximum Gasteiger partial charge on any atom is 0.123 e. The minimum absolute atomic E-state index is 0.108. The molecule has 0 amide bonds. The van der Waals surface area contributed by atoms with Gasteiger partial charge in [0.25, 0.3) is 0 Å². The van der Waals surface area contributed by atoms with Gasteiger partial charge in [-0.1, -0.05) is 32.3 Å². The van der Waals surface area contributed by atoms with E-state index >= 15 is 0 Å². The van der Waals surface area contributed by atoms with Gasteiger partial charge in [0, 0.05) is 0 Å². The van der Waals surface area contributed by atoms with Crippen LogP contribution in [0.25, 0.3) is 0 Å². The van der Waals surface area contributed by atoms with Gasteiger partial charge < -0.3 is 5.73 Å². The molecule has 2 heteroatoms. The van der Waals surface area contributed by atoms with Crippen molar-refractivity contribution in [2.75, 3.05) is 6.54 Å². The van der Waals surface area contributed by atoms with Gasteiger partial charge in [0.05, 0.1) is 0 Å². The molecule has 1 aliphatic carbocycles. The molecule has 106 valence electrons. The van der Waals surface area contributed by atoms with Gasteiger partial charge in [0.15, 0.2) is 0 Å². The lowest BCUT2D eigenvalue weighted by molar-refractivity contribution is 0.229. The third-order valence-electron chi connectivity index (χ3n) is 4.59. The highest BCUT2D eigenvalue weighted by molar-refractivity contribution is 5.27. The average molecular weight is 263 g/mol. The van der Waals surface area contributed by atoms with Crippen LogP contribution in [0.3, 0.4) is 0 Å². The Morgan fingerprint density at radius 3 is 2.68 bits per heavy atom. The topological polar surface area (TPSA) is 26.0 Å². The molecule has 1 aromatic carbocycles. The molecular formula is C17H26FN. The summed E-state index contributed by atoms with van der Waals surface area (Å²) in [6.07, 6.45) is 6.20. The van der Waals surface area contributed by atoms with E-state index < -0.39 is 0 Å². The molecule has 2 rings (SSSR count). The molecule has 0 radical (unpaired) electrons. The minimum Gasteiger partial charge on any atom is -0.330 e. The van der Waals surface area contributed by atoms with Crippen molar-refractivity contribution < 1.29 is 4.39 Å². The predicted molar refractivity (Wildman–Crippen MR) is 78.7 cm³/mol. The molecule has 0 saturated heterocycles. The van der Waals surface area contributed by atoms with Crippen LogP contribution >= 0.6 is 0 Å². The van der Waals surface area contributed by atoms with Crippen LogP contribution in [0.1, 0.15) is 56.1 Å². The van der Waals surface area contributed by atoms with Crippen LogP contribution in [0.4, 0.5) is 4.39 Å². The Kier molecular flexibility index (Phi) is 4.98. The Labute approximate surface area is 116 Å². The van der Waals surface area contributed by atoms with Crippen molar-refractivity contribution in [3.8, 4) is 0 Å². The van der Waals surface area contributed by atoms with Gasteiger partial charge in [0.2, 0.25) is 0 Å². The van der Waals surface area contributed by atoms with E-state index in [1.807, 2.05) is 6.92 Å². The summed E-state index contributed by atoms with van der Waals surface area (Å²) in [5, 5.41) is 0. The maximum absolute atomic E-state index is 13.6. The van der Waals surface area contributed by atoms with Crippen molar-refractivity contribution in [3.63, 3.8) is 0 Å². The van der Waals surface area contributed by atoms with E-state index in [4.69, 9.17) is 5.73 Å². The number of hydrogen-bond donors (Lipinski definition) is 1. The highest BCUT2D eigenvalue weighted by Gasteiger charge is 2.30. The smallest absolute Gasteiger partial charge is 0.123 e. The number of rotatable bonds is 4. The molecule has 3 atom stereocenters. The van der Waals surface area contributed by atoms with Crippen molar-refractivity contribution >= 4 is 0 Å². The van der Waals surface area contributed by atoms with Crippen LogP contribution in [-0.4, -0.2) is 6.54 Å². The first-order valence-electron chi connectivity index (χ1n) is 7.61. The Hall–Kier alpha value is -0.890. The molecule has 1 aliphatic rings. The second-order valence-electron chi connectivity index (χ2n) is 6.13. The quantitative estimate of drug-likeness (QED) is 0.856. The molecule has 1 aromatic rings. The Morgan fingerprint density at radius 2 is 2.05 bits per heavy atom. The first-order chi connectivity index (χ1) is 9.13. The lowest BCUT2D eigenvalue weighted by Gasteiger charge is -2.36. The van der Waals surface area contributed by atoms with E-state index in [0.717, 1.165) is 23.6 Å². The van der Waals surface area contributed by atoms with E-state index in [2.05, 4.69) is 13.0 Å². The van der Waals surface area contributed by atoms with Gasteiger partial charge in [-0.15, -0.1) is 0 Å². The summed E-state index contributed by atoms with van der Waals surface area (Å²) in [5.41, 5.74) is 8.11.